The lowest BCUT2D eigenvalue weighted by Gasteiger charge is -2.07. The van der Waals surface area contributed by atoms with Crippen LogP contribution in [-0.4, -0.2) is 14.2 Å². The molecule has 1 aromatic carbocycles. The van der Waals surface area contributed by atoms with E-state index >= 15 is 0 Å². The van der Waals surface area contributed by atoms with Gasteiger partial charge in [-0.25, -0.2) is 8.42 Å². The summed E-state index contributed by atoms with van der Waals surface area (Å²) in [7, 11) is -3.63. The minimum atomic E-state index is -3.63. The van der Waals surface area contributed by atoms with Crippen LogP contribution in [0.2, 0.25) is 0 Å². The Labute approximate surface area is 150 Å². The fraction of sp³-hybridized carbons (Fsp3) is 0.214. The molecule has 1 heterocycles. The maximum atomic E-state index is 12.3. The molecule has 0 saturated carbocycles. The number of benzene rings is 1. The minimum absolute atomic E-state index is 0.0584. The number of Topliss-reactive ketones (excluding diaryl/α,β-unsaturated/α-hetero) is 1. The van der Waals surface area contributed by atoms with Gasteiger partial charge < -0.3 is 0 Å². The van der Waals surface area contributed by atoms with Crippen LogP contribution in [0.25, 0.3) is 0 Å². The van der Waals surface area contributed by atoms with E-state index in [9.17, 15) is 13.2 Å². The van der Waals surface area contributed by atoms with E-state index in [1.165, 1.54) is 6.07 Å². The molecule has 0 bridgehead atoms. The van der Waals surface area contributed by atoms with E-state index in [0.717, 1.165) is 17.8 Å². The quantitative estimate of drug-likeness (QED) is 0.605. The van der Waals surface area contributed by atoms with E-state index in [1.54, 1.807) is 24.3 Å². The van der Waals surface area contributed by atoms with Crippen LogP contribution in [0.3, 0.4) is 0 Å². The summed E-state index contributed by atoms with van der Waals surface area (Å²) in [6, 6.07) is 8.00. The van der Waals surface area contributed by atoms with Gasteiger partial charge in [0.2, 0.25) is 0 Å². The molecule has 22 heavy (non-hydrogen) atoms. The second kappa shape index (κ2) is 7.25. The van der Waals surface area contributed by atoms with Gasteiger partial charge >= 0.3 is 0 Å². The normalized spacial score (nSPS) is 11.4. The third-order valence-corrected chi connectivity index (χ3v) is 7.93. The predicted octanol–water partition coefficient (Wildman–Crippen LogP) is 5.06. The van der Waals surface area contributed by atoms with Crippen molar-refractivity contribution in [2.45, 2.75) is 24.0 Å². The number of rotatable bonds is 6. The van der Waals surface area contributed by atoms with Crippen molar-refractivity contribution in [1.82, 2.24) is 0 Å². The maximum Gasteiger partial charge on any atom is 0.271 e. The fourth-order valence-electron chi connectivity index (χ4n) is 1.76. The molecule has 1 aromatic heterocycles. The van der Waals surface area contributed by atoms with Gasteiger partial charge in [0.25, 0.3) is 10.0 Å². The average molecular weight is 467 g/mol. The molecule has 0 spiro atoms. The number of anilines is 1. The lowest BCUT2D eigenvalue weighted by molar-refractivity contribution is 0.0982. The van der Waals surface area contributed by atoms with Gasteiger partial charge in [0.1, 0.15) is 4.21 Å². The van der Waals surface area contributed by atoms with Crippen LogP contribution in [0.4, 0.5) is 5.69 Å². The third-order valence-electron chi connectivity index (χ3n) is 2.82. The van der Waals surface area contributed by atoms with E-state index in [4.69, 9.17) is 0 Å². The number of nitrogens with one attached hydrogen (secondary N) is 1. The lowest BCUT2D eigenvalue weighted by atomic mass is 10.1. The first-order valence-corrected chi connectivity index (χ1v) is 10.3. The highest BCUT2D eigenvalue weighted by molar-refractivity contribution is 9.13. The average Bonchev–Trinajstić information content (AvgIpc) is 2.80. The van der Waals surface area contributed by atoms with Gasteiger partial charge in [-0.15, -0.1) is 11.3 Å². The molecule has 4 nitrogen and oxygen atoms in total. The fourth-order valence-corrected chi connectivity index (χ4v) is 5.64. The molecule has 0 unspecified atom stereocenters. The summed E-state index contributed by atoms with van der Waals surface area (Å²) in [6.45, 7) is 1.94. The molecule has 0 atom stereocenters. The van der Waals surface area contributed by atoms with E-state index < -0.39 is 10.0 Å². The van der Waals surface area contributed by atoms with Crippen LogP contribution >= 0.6 is 43.2 Å². The Morgan fingerprint density at radius 1 is 1.23 bits per heavy atom. The number of carbonyl (C=O) groups excluding carboxylic acids is 1. The van der Waals surface area contributed by atoms with Gasteiger partial charge in [-0.2, -0.15) is 0 Å². The molecule has 1 N–H and O–H groups in total. The van der Waals surface area contributed by atoms with Crippen LogP contribution in [0.5, 0.6) is 0 Å². The van der Waals surface area contributed by atoms with Crippen LogP contribution < -0.4 is 4.72 Å². The zero-order valence-corrected chi connectivity index (χ0v) is 16.4. The van der Waals surface area contributed by atoms with Crippen LogP contribution in [0.15, 0.2) is 42.8 Å². The molecule has 0 aliphatic rings. The number of carbonyl (C=O) groups is 1. The van der Waals surface area contributed by atoms with E-state index in [0.29, 0.717) is 25.9 Å². The van der Waals surface area contributed by atoms with Crippen molar-refractivity contribution in [3.05, 3.63) is 44.2 Å². The predicted molar refractivity (Wildman–Crippen MR) is 96.2 cm³/mol. The van der Waals surface area contributed by atoms with Gasteiger partial charge in [0.15, 0.2) is 5.78 Å². The highest BCUT2D eigenvalue weighted by Gasteiger charge is 2.19. The van der Waals surface area contributed by atoms with E-state index in [-0.39, 0.29) is 9.99 Å². The number of thiophene rings is 1. The van der Waals surface area contributed by atoms with E-state index in [1.807, 2.05) is 6.92 Å². The number of sulfonamides is 1. The van der Waals surface area contributed by atoms with Gasteiger partial charge in [-0.05, 0) is 68.6 Å². The Balaban J connectivity index is 2.18. The first-order chi connectivity index (χ1) is 10.3. The molecule has 8 heteroatoms. The van der Waals surface area contributed by atoms with Crippen molar-refractivity contribution in [3.63, 3.8) is 0 Å². The number of hydrogen-bond donors (Lipinski definition) is 1. The van der Waals surface area contributed by atoms with Gasteiger partial charge in [0, 0.05) is 22.1 Å². The largest absolute Gasteiger partial charge is 0.294 e. The summed E-state index contributed by atoms with van der Waals surface area (Å²) < 4.78 is 28.7. The van der Waals surface area contributed by atoms with Crippen molar-refractivity contribution < 1.29 is 13.2 Å². The summed E-state index contributed by atoms with van der Waals surface area (Å²) in [5, 5.41) is 0. The Kier molecular flexibility index (Phi) is 5.81. The Hall–Kier alpha value is -0.700. The maximum absolute atomic E-state index is 12.3. The van der Waals surface area contributed by atoms with Crippen LogP contribution in [0, 0.1) is 0 Å². The zero-order valence-electron chi connectivity index (χ0n) is 11.6. The third kappa shape index (κ3) is 4.18. The molecule has 0 amide bonds. The number of halogens is 2. The van der Waals surface area contributed by atoms with Gasteiger partial charge in [-0.1, -0.05) is 6.92 Å². The molecular weight excluding hydrogens is 454 g/mol. The van der Waals surface area contributed by atoms with Gasteiger partial charge in [-0.3, -0.25) is 9.52 Å². The van der Waals surface area contributed by atoms with Crippen molar-refractivity contribution in [3.8, 4) is 0 Å². The number of hydrogen-bond acceptors (Lipinski definition) is 4. The van der Waals surface area contributed by atoms with Crippen LogP contribution in [0.1, 0.15) is 30.1 Å². The Morgan fingerprint density at radius 3 is 2.36 bits per heavy atom. The Morgan fingerprint density at radius 2 is 1.86 bits per heavy atom. The highest BCUT2D eigenvalue weighted by atomic mass is 79.9. The molecular formula is C14H13Br2NO3S2. The standard InChI is InChI=1S/C14H13Br2NO3S2/c1-2-3-12(18)9-4-6-10(7-5-9)17-22(19,20)13-8-11(15)14(16)21-13/h4-8,17H,2-3H2,1H3. The minimum Gasteiger partial charge on any atom is -0.294 e. The summed E-state index contributed by atoms with van der Waals surface area (Å²) >= 11 is 7.66. The summed E-state index contributed by atoms with van der Waals surface area (Å²) in [6.07, 6.45) is 1.28. The van der Waals surface area contributed by atoms with E-state index in [2.05, 4.69) is 36.6 Å². The summed E-state index contributed by atoms with van der Waals surface area (Å²) in [4.78, 5) is 11.8. The van der Waals surface area contributed by atoms with Crippen molar-refractivity contribution in [2.75, 3.05) is 4.72 Å². The lowest BCUT2D eigenvalue weighted by Crippen LogP contribution is -2.11. The second-order valence-corrected chi connectivity index (χ2v) is 9.68. The first kappa shape index (κ1) is 17.7. The van der Waals surface area contributed by atoms with Gasteiger partial charge in [0.05, 0.1) is 3.79 Å². The van der Waals surface area contributed by atoms with Crippen molar-refractivity contribution >= 4 is 64.7 Å². The Bertz CT molecular complexity index is 763. The second-order valence-electron chi connectivity index (χ2n) is 4.54. The monoisotopic (exact) mass is 465 g/mol. The molecule has 2 rings (SSSR count). The first-order valence-electron chi connectivity index (χ1n) is 6.44. The molecule has 2 aromatic rings. The molecule has 0 radical (unpaired) electrons. The highest BCUT2D eigenvalue weighted by Crippen LogP contribution is 2.35. The van der Waals surface area contributed by atoms with Crippen molar-refractivity contribution in [1.29, 1.82) is 0 Å². The molecule has 0 fully saturated rings. The topological polar surface area (TPSA) is 63.2 Å². The zero-order chi connectivity index (χ0) is 16.3. The smallest absolute Gasteiger partial charge is 0.271 e. The number of ketones is 1. The molecule has 0 saturated heterocycles. The van der Waals surface area contributed by atoms with Crippen LogP contribution in [-0.2, 0) is 10.0 Å². The molecule has 118 valence electrons. The summed E-state index contributed by atoms with van der Waals surface area (Å²) in [5.74, 6) is 0.0584. The summed E-state index contributed by atoms with van der Waals surface area (Å²) in [5.41, 5.74) is 1.01. The molecule has 0 aliphatic carbocycles. The van der Waals surface area contributed by atoms with Crippen molar-refractivity contribution in [2.24, 2.45) is 0 Å². The SMILES string of the molecule is CCCC(=O)c1ccc(NS(=O)(=O)c2cc(Br)c(Br)s2)cc1. The molecule has 0 aliphatic heterocycles.